The number of rotatable bonds is 1. The van der Waals surface area contributed by atoms with Gasteiger partial charge in [0.25, 0.3) is 0 Å². The van der Waals surface area contributed by atoms with Crippen LogP contribution < -0.4 is 0 Å². The van der Waals surface area contributed by atoms with Gasteiger partial charge in [-0.05, 0) is 30.8 Å². The molecule has 19 heavy (non-hydrogen) atoms. The normalized spacial score (nSPS) is 54.7. The van der Waals surface area contributed by atoms with Gasteiger partial charge in [-0.25, -0.2) is 0 Å². The molecule has 3 aliphatic rings. The fraction of sp³-hybridized carbons (Fsp3) is 0.800. The molecule has 3 rings (SSSR count). The van der Waals surface area contributed by atoms with Crippen LogP contribution in [0.2, 0.25) is 0 Å². The van der Waals surface area contributed by atoms with Crippen molar-refractivity contribution in [2.45, 2.75) is 57.3 Å². The summed E-state index contributed by atoms with van der Waals surface area (Å²) in [6.07, 6.45) is 3.13. The van der Waals surface area contributed by atoms with E-state index in [0.717, 1.165) is 6.42 Å². The van der Waals surface area contributed by atoms with Crippen LogP contribution in [0.15, 0.2) is 11.6 Å². The van der Waals surface area contributed by atoms with Crippen LogP contribution in [0.5, 0.6) is 0 Å². The largest absolute Gasteiger partial charge is 0.392 e. The third-order valence-corrected chi connectivity index (χ3v) is 6.04. The monoisotopic (exact) mass is 266 g/mol. The number of aldehydes is 1. The van der Waals surface area contributed by atoms with Crippen molar-refractivity contribution in [1.29, 1.82) is 0 Å². The zero-order valence-corrected chi connectivity index (χ0v) is 11.7. The van der Waals surface area contributed by atoms with Gasteiger partial charge in [0.05, 0.1) is 17.3 Å². The molecule has 0 radical (unpaired) electrons. The van der Waals surface area contributed by atoms with Crippen LogP contribution in [0.3, 0.4) is 0 Å². The van der Waals surface area contributed by atoms with Gasteiger partial charge in [-0.3, -0.25) is 4.79 Å². The molecule has 5 atom stereocenters. The maximum atomic E-state index is 11.3. The molecule has 0 bridgehead atoms. The van der Waals surface area contributed by atoms with Crippen molar-refractivity contribution in [3.05, 3.63) is 11.6 Å². The molecule has 2 saturated carbocycles. The van der Waals surface area contributed by atoms with Gasteiger partial charge >= 0.3 is 0 Å². The fourth-order valence-electron chi connectivity index (χ4n) is 4.87. The summed E-state index contributed by atoms with van der Waals surface area (Å²) < 4.78 is 0. The van der Waals surface area contributed by atoms with Crippen LogP contribution in [0.1, 0.15) is 40.0 Å². The van der Waals surface area contributed by atoms with Gasteiger partial charge in [0.2, 0.25) is 0 Å². The van der Waals surface area contributed by atoms with E-state index in [4.69, 9.17) is 0 Å². The van der Waals surface area contributed by atoms with Crippen molar-refractivity contribution < 1.29 is 20.1 Å². The topological polar surface area (TPSA) is 77.8 Å². The van der Waals surface area contributed by atoms with E-state index < -0.39 is 34.1 Å². The number of aliphatic hydroxyl groups excluding tert-OH is 1. The van der Waals surface area contributed by atoms with E-state index in [1.165, 1.54) is 6.08 Å². The molecule has 0 amide bonds. The minimum absolute atomic E-state index is 0.282. The molecular formula is C15H22O4. The Morgan fingerprint density at radius 3 is 2.37 bits per heavy atom. The van der Waals surface area contributed by atoms with Crippen molar-refractivity contribution in [3.63, 3.8) is 0 Å². The molecule has 2 fully saturated rings. The lowest BCUT2D eigenvalue weighted by Crippen LogP contribution is -2.68. The molecule has 0 aliphatic heterocycles. The highest BCUT2D eigenvalue weighted by molar-refractivity contribution is 5.79. The van der Waals surface area contributed by atoms with Crippen molar-refractivity contribution in [2.75, 3.05) is 0 Å². The highest BCUT2D eigenvalue weighted by Crippen LogP contribution is 2.68. The second kappa shape index (κ2) is 3.30. The number of fused-ring (bicyclic) bond motifs is 3. The summed E-state index contributed by atoms with van der Waals surface area (Å²) in [6.45, 7) is 5.72. The Bertz CT molecular complexity index is 483. The molecule has 0 saturated heterocycles. The quantitative estimate of drug-likeness (QED) is 0.613. The Hall–Kier alpha value is -0.710. The Balaban J connectivity index is 2.20. The molecule has 4 heteroatoms. The van der Waals surface area contributed by atoms with Crippen LogP contribution >= 0.6 is 0 Å². The molecule has 4 nitrogen and oxygen atoms in total. The van der Waals surface area contributed by atoms with Gasteiger partial charge in [-0.15, -0.1) is 0 Å². The zero-order chi connectivity index (χ0) is 14.3. The first kappa shape index (κ1) is 13.3. The molecule has 3 N–H and O–H groups in total. The first-order chi connectivity index (χ1) is 8.61. The molecular weight excluding hydrogens is 244 g/mol. The first-order valence-electron chi connectivity index (χ1n) is 6.92. The van der Waals surface area contributed by atoms with Gasteiger partial charge < -0.3 is 15.3 Å². The Labute approximate surface area is 113 Å². The Morgan fingerprint density at radius 1 is 1.26 bits per heavy atom. The van der Waals surface area contributed by atoms with Gasteiger partial charge in [0, 0.05) is 16.9 Å². The number of aliphatic hydroxyl groups is 3. The smallest absolute Gasteiger partial charge is 0.148 e. The predicted octanol–water partition coefficient (Wildman–Crippen LogP) is 0.795. The summed E-state index contributed by atoms with van der Waals surface area (Å²) in [5, 5.41) is 32.3. The summed E-state index contributed by atoms with van der Waals surface area (Å²) in [4.78, 5) is 11.3. The molecule has 0 aromatic heterocycles. The summed E-state index contributed by atoms with van der Waals surface area (Å²) in [5.74, 6) is -0.419. The second-order valence-electron chi connectivity index (χ2n) is 7.57. The minimum Gasteiger partial charge on any atom is -0.392 e. The number of hydrogen-bond donors (Lipinski definition) is 3. The summed E-state index contributed by atoms with van der Waals surface area (Å²) in [7, 11) is 0. The lowest BCUT2D eigenvalue weighted by Gasteiger charge is -2.63. The van der Waals surface area contributed by atoms with Crippen LogP contribution in [0, 0.1) is 16.7 Å². The lowest BCUT2D eigenvalue weighted by atomic mass is 9.44. The highest BCUT2D eigenvalue weighted by Gasteiger charge is 2.73. The van der Waals surface area contributed by atoms with E-state index >= 15 is 0 Å². The van der Waals surface area contributed by atoms with E-state index in [-0.39, 0.29) is 5.57 Å². The van der Waals surface area contributed by atoms with Gasteiger partial charge in [0.1, 0.15) is 6.29 Å². The zero-order valence-electron chi connectivity index (χ0n) is 11.7. The minimum atomic E-state index is -1.19. The summed E-state index contributed by atoms with van der Waals surface area (Å²) in [6, 6.07) is 0. The lowest BCUT2D eigenvalue weighted by molar-refractivity contribution is -0.218. The molecule has 3 aliphatic carbocycles. The molecule has 0 aromatic carbocycles. The second-order valence-corrected chi connectivity index (χ2v) is 7.57. The maximum absolute atomic E-state index is 11.3. The number of hydrogen-bond acceptors (Lipinski definition) is 4. The highest BCUT2D eigenvalue weighted by atomic mass is 16.3. The van der Waals surface area contributed by atoms with E-state index in [1.54, 1.807) is 0 Å². The van der Waals surface area contributed by atoms with Crippen molar-refractivity contribution in [1.82, 2.24) is 0 Å². The summed E-state index contributed by atoms with van der Waals surface area (Å²) in [5.41, 5.74) is -3.15. The Kier molecular flexibility index (Phi) is 2.31. The molecule has 0 heterocycles. The number of carbonyl (C=O) groups excluding carboxylic acids is 1. The van der Waals surface area contributed by atoms with E-state index in [0.29, 0.717) is 19.1 Å². The van der Waals surface area contributed by atoms with Gasteiger partial charge in [-0.2, -0.15) is 0 Å². The van der Waals surface area contributed by atoms with Crippen LogP contribution in [-0.2, 0) is 4.79 Å². The third kappa shape index (κ3) is 1.28. The molecule has 5 unspecified atom stereocenters. The SMILES string of the molecule is CC1(C)CC2(O)C=C(C=O)C3(O)CCC3(C)C2C1O. The van der Waals surface area contributed by atoms with Crippen molar-refractivity contribution in [2.24, 2.45) is 16.7 Å². The van der Waals surface area contributed by atoms with Crippen molar-refractivity contribution >= 4 is 6.29 Å². The van der Waals surface area contributed by atoms with Gasteiger partial charge in [-0.1, -0.05) is 20.8 Å². The van der Waals surface area contributed by atoms with Crippen molar-refractivity contribution in [3.8, 4) is 0 Å². The van der Waals surface area contributed by atoms with E-state index in [9.17, 15) is 20.1 Å². The maximum Gasteiger partial charge on any atom is 0.148 e. The predicted molar refractivity (Wildman–Crippen MR) is 69.3 cm³/mol. The number of carbonyl (C=O) groups is 1. The third-order valence-electron chi connectivity index (χ3n) is 6.04. The van der Waals surface area contributed by atoms with Gasteiger partial charge in [0.15, 0.2) is 0 Å². The Morgan fingerprint density at radius 2 is 1.89 bits per heavy atom. The molecule has 0 spiro atoms. The average molecular weight is 266 g/mol. The molecule has 0 aromatic rings. The van der Waals surface area contributed by atoms with Crippen LogP contribution in [-0.4, -0.2) is 38.9 Å². The van der Waals surface area contributed by atoms with Crippen LogP contribution in [0.25, 0.3) is 0 Å². The fourth-order valence-corrected chi connectivity index (χ4v) is 4.87. The first-order valence-corrected chi connectivity index (χ1v) is 6.92. The summed E-state index contributed by atoms with van der Waals surface area (Å²) >= 11 is 0. The molecule has 106 valence electrons. The van der Waals surface area contributed by atoms with E-state index in [2.05, 4.69) is 0 Å². The van der Waals surface area contributed by atoms with Crippen LogP contribution in [0.4, 0.5) is 0 Å². The average Bonchev–Trinajstić information content (AvgIpc) is 2.49. The standard InChI is InChI=1S/C15H22O4/c1-12(2)8-14(18)6-9(7-16)15(19)5-4-13(15,3)10(14)11(12)17/h6-7,10-11,17-19H,4-5,8H2,1-3H3. The van der Waals surface area contributed by atoms with E-state index in [1.807, 2.05) is 20.8 Å².